The Balaban J connectivity index is 2.11. The average molecular weight is 344 g/mol. The molecule has 0 aliphatic carbocycles. The molecule has 1 fully saturated rings. The molecule has 5 heteroatoms. The van der Waals surface area contributed by atoms with Crippen molar-refractivity contribution in [3.8, 4) is 0 Å². The second-order valence-electron chi connectivity index (χ2n) is 7.51. The van der Waals surface area contributed by atoms with Gasteiger partial charge < -0.3 is 14.5 Å². The zero-order valence-electron chi connectivity index (χ0n) is 15.8. The summed E-state index contributed by atoms with van der Waals surface area (Å²) in [5, 5.41) is 0. The molecular weight excluding hydrogens is 316 g/mol. The second-order valence-corrected chi connectivity index (χ2v) is 7.51. The lowest BCUT2D eigenvalue weighted by molar-refractivity contribution is 0.00616. The number of carbonyl (C=O) groups excluding carboxylic acids is 2. The Bertz CT molecular complexity index is 676. The van der Waals surface area contributed by atoms with Crippen LogP contribution in [0.2, 0.25) is 0 Å². The van der Waals surface area contributed by atoms with Gasteiger partial charge in [-0.1, -0.05) is 24.8 Å². The molecule has 1 heterocycles. The van der Waals surface area contributed by atoms with E-state index in [9.17, 15) is 9.59 Å². The number of ether oxygens (including phenoxy) is 1. The molecule has 0 spiro atoms. The lowest BCUT2D eigenvalue weighted by Crippen LogP contribution is -2.56. The van der Waals surface area contributed by atoms with Gasteiger partial charge in [0, 0.05) is 31.2 Å². The largest absolute Gasteiger partial charge is 0.444 e. The summed E-state index contributed by atoms with van der Waals surface area (Å²) in [5.41, 5.74) is 2.04. The first kappa shape index (κ1) is 19.0. The second kappa shape index (κ2) is 7.30. The number of piperazine rings is 1. The Morgan fingerprint density at radius 3 is 2.52 bits per heavy atom. The first-order valence-corrected chi connectivity index (χ1v) is 8.65. The van der Waals surface area contributed by atoms with E-state index in [-0.39, 0.29) is 18.0 Å². The molecule has 2 rings (SSSR count). The number of carbonyl (C=O) groups is 2. The van der Waals surface area contributed by atoms with Gasteiger partial charge in [-0.3, -0.25) is 4.79 Å². The minimum absolute atomic E-state index is 0.0186. The number of hydrogen-bond donors (Lipinski definition) is 0. The lowest BCUT2D eigenvalue weighted by atomic mass is 10.00. The van der Waals surface area contributed by atoms with Crippen LogP contribution < -0.4 is 0 Å². The van der Waals surface area contributed by atoms with Crippen molar-refractivity contribution in [1.29, 1.82) is 0 Å². The Labute approximate surface area is 150 Å². The van der Waals surface area contributed by atoms with Crippen LogP contribution >= 0.6 is 0 Å². The maximum Gasteiger partial charge on any atom is 0.410 e. The summed E-state index contributed by atoms with van der Waals surface area (Å²) in [6.07, 6.45) is 1.40. The third-order valence-corrected chi connectivity index (χ3v) is 4.30. The topological polar surface area (TPSA) is 49.9 Å². The Hall–Kier alpha value is -2.30. The number of aryl methyl sites for hydroxylation is 1. The fraction of sp³-hybridized carbons (Fsp3) is 0.500. The minimum Gasteiger partial charge on any atom is -0.444 e. The molecule has 0 bridgehead atoms. The van der Waals surface area contributed by atoms with Crippen LogP contribution in [0.4, 0.5) is 4.79 Å². The molecule has 1 aliphatic rings. The predicted octanol–water partition coefficient (Wildman–Crippen LogP) is 3.72. The fourth-order valence-electron chi connectivity index (χ4n) is 3.04. The highest BCUT2D eigenvalue weighted by Gasteiger charge is 2.32. The van der Waals surface area contributed by atoms with Gasteiger partial charge in [0.1, 0.15) is 5.60 Å². The highest BCUT2D eigenvalue weighted by Crippen LogP contribution is 2.21. The van der Waals surface area contributed by atoms with Gasteiger partial charge in [0.15, 0.2) is 0 Å². The van der Waals surface area contributed by atoms with Gasteiger partial charge in [0.25, 0.3) is 5.91 Å². The van der Waals surface area contributed by atoms with Crippen LogP contribution in [-0.4, -0.2) is 53.1 Å². The van der Waals surface area contributed by atoms with Crippen molar-refractivity contribution in [2.75, 3.05) is 19.6 Å². The normalized spacial score (nSPS) is 18.0. The molecule has 0 aromatic heterocycles. The molecule has 1 atom stereocenters. The average Bonchev–Trinajstić information content (AvgIpc) is 2.52. The molecule has 0 N–H and O–H groups in total. The molecule has 25 heavy (non-hydrogen) atoms. The SMILES string of the molecule is C=Cc1c(C)cccc1C(=O)N1CCN(C(=O)OC(C)(C)C)C[C@@H]1C. The van der Waals surface area contributed by atoms with Crippen LogP contribution in [0.1, 0.15) is 49.2 Å². The van der Waals surface area contributed by atoms with Gasteiger partial charge in [-0.15, -0.1) is 0 Å². The van der Waals surface area contributed by atoms with E-state index in [2.05, 4.69) is 6.58 Å². The molecular formula is C20H28N2O3. The number of rotatable bonds is 2. The zero-order valence-corrected chi connectivity index (χ0v) is 15.8. The summed E-state index contributed by atoms with van der Waals surface area (Å²) < 4.78 is 5.43. The molecule has 0 radical (unpaired) electrons. The van der Waals surface area contributed by atoms with Crippen molar-refractivity contribution in [2.45, 2.75) is 46.3 Å². The third kappa shape index (κ3) is 4.41. The lowest BCUT2D eigenvalue weighted by Gasteiger charge is -2.40. The molecule has 2 amide bonds. The van der Waals surface area contributed by atoms with E-state index >= 15 is 0 Å². The Morgan fingerprint density at radius 1 is 1.28 bits per heavy atom. The van der Waals surface area contributed by atoms with Gasteiger partial charge in [-0.05, 0) is 51.8 Å². The molecule has 0 unspecified atom stereocenters. The summed E-state index contributed by atoms with van der Waals surface area (Å²) in [6, 6.07) is 5.61. The van der Waals surface area contributed by atoms with E-state index in [1.165, 1.54) is 0 Å². The van der Waals surface area contributed by atoms with Crippen LogP contribution in [0.3, 0.4) is 0 Å². The van der Waals surface area contributed by atoms with Gasteiger partial charge in [0.05, 0.1) is 0 Å². The summed E-state index contributed by atoms with van der Waals surface area (Å²) in [4.78, 5) is 28.7. The number of hydrogen-bond acceptors (Lipinski definition) is 3. The van der Waals surface area contributed by atoms with Crippen LogP contribution in [0, 0.1) is 6.92 Å². The minimum atomic E-state index is -0.520. The van der Waals surface area contributed by atoms with Crippen LogP contribution in [0.5, 0.6) is 0 Å². The smallest absolute Gasteiger partial charge is 0.410 e. The van der Waals surface area contributed by atoms with E-state index in [0.29, 0.717) is 25.2 Å². The van der Waals surface area contributed by atoms with Crippen LogP contribution in [0.25, 0.3) is 6.08 Å². The number of benzene rings is 1. The summed E-state index contributed by atoms with van der Waals surface area (Å²) in [5.74, 6) is -0.0186. The van der Waals surface area contributed by atoms with Gasteiger partial charge in [-0.2, -0.15) is 0 Å². The van der Waals surface area contributed by atoms with E-state index in [1.54, 1.807) is 11.0 Å². The van der Waals surface area contributed by atoms with E-state index in [0.717, 1.165) is 11.1 Å². The molecule has 0 saturated carbocycles. The van der Waals surface area contributed by atoms with Crippen LogP contribution in [0.15, 0.2) is 24.8 Å². The monoisotopic (exact) mass is 344 g/mol. The maximum absolute atomic E-state index is 13.0. The summed E-state index contributed by atoms with van der Waals surface area (Å²) >= 11 is 0. The van der Waals surface area contributed by atoms with Gasteiger partial charge >= 0.3 is 6.09 Å². The summed E-state index contributed by atoms with van der Waals surface area (Å²) in [7, 11) is 0. The standard InChI is InChI=1S/C20H28N2O3/c1-7-16-14(2)9-8-10-17(16)18(23)22-12-11-21(13-15(22)3)19(24)25-20(4,5)6/h7-10,15H,1,11-13H2,2-6H3/t15-/m0/s1. The molecule has 1 aliphatic heterocycles. The van der Waals surface area contributed by atoms with Crippen molar-refractivity contribution in [3.05, 3.63) is 41.5 Å². The molecule has 136 valence electrons. The van der Waals surface area contributed by atoms with Crippen molar-refractivity contribution in [1.82, 2.24) is 9.80 Å². The van der Waals surface area contributed by atoms with Gasteiger partial charge in [0.2, 0.25) is 0 Å². The van der Waals surface area contributed by atoms with E-state index in [4.69, 9.17) is 4.74 Å². The van der Waals surface area contributed by atoms with Gasteiger partial charge in [-0.25, -0.2) is 4.79 Å². The highest BCUT2D eigenvalue weighted by molar-refractivity contribution is 5.98. The Kier molecular flexibility index (Phi) is 5.55. The molecule has 5 nitrogen and oxygen atoms in total. The quantitative estimate of drug-likeness (QED) is 0.821. The van der Waals surface area contributed by atoms with Crippen molar-refractivity contribution in [2.24, 2.45) is 0 Å². The number of amides is 2. The van der Waals surface area contributed by atoms with Crippen molar-refractivity contribution in [3.63, 3.8) is 0 Å². The number of nitrogens with zero attached hydrogens (tertiary/aromatic N) is 2. The molecule has 1 saturated heterocycles. The maximum atomic E-state index is 13.0. The highest BCUT2D eigenvalue weighted by atomic mass is 16.6. The zero-order chi connectivity index (χ0) is 18.8. The molecule has 1 aromatic carbocycles. The first-order chi connectivity index (χ1) is 11.6. The van der Waals surface area contributed by atoms with E-state index in [1.807, 2.05) is 57.7 Å². The molecule has 1 aromatic rings. The van der Waals surface area contributed by atoms with Crippen molar-refractivity contribution < 1.29 is 14.3 Å². The van der Waals surface area contributed by atoms with E-state index < -0.39 is 5.60 Å². The Morgan fingerprint density at radius 2 is 1.96 bits per heavy atom. The third-order valence-electron chi connectivity index (χ3n) is 4.30. The predicted molar refractivity (Wildman–Crippen MR) is 99.6 cm³/mol. The first-order valence-electron chi connectivity index (χ1n) is 8.65. The fourth-order valence-corrected chi connectivity index (χ4v) is 3.04. The summed E-state index contributed by atoms with van der Waals surface area (Å²) in [6.45, 7) is 14.7. The van der Waals surface area contributed by atoms with Crippen molar-refractivity contribution >= 4 is 18.1 Å². The van der Waals surface area contributed by atoms with Crippen LogP contribution in [-0.2, 0) is 4.74 Å².